The third kappa shape index (κ3) is 2.67. The lowest BCUT2D eigenvalue weighted by molar-refractivity contribution is 1.01. The Hall–Kier alpha value is -2.27. The lowest BCUT2D eigenvalue weighted by atomic mass is 10.2. The van der Waals surface area contributed by atoms with E-state index in [2.05, 4.69) is 30.9 Å². The van der Waals surface area contributed by atoms with Crippen LogP contribution in [0.2, 0.25) is 0 Å². The molecule has 20 heavy (non-hydrogen) atoms. The fraction of sp³-hybridized carbons (Fsp3) is 0. The second kappa shape index (κ2) is 5.79. The van der Waals surface area contributed by atoms with Crippen LogP contribution in [0.5, 0.6) is 0 Å². The van der Waals surface area contributed by atoms with Crippen LogP contribution < -0.4 is 4.90 Å². The highest BCUT2D eigenvalue weighted by atomic mass is 79.9. The molecule has 3 aromatic rings. The van der Waals surface area contributed by atoms with Crippen LogP contribution in [0.3, 0.4) is 0 Å². The molecule has 98 valence electrons. The zero-order valence-corrected chi connectivity index (χ0v) is 12.1. The van der Waals surface area contributed by atoms with Crippen molar-refractivity contribution in [2.24, 2.45) is 0 Å². The van der Waals surface area contributed by atoms with Gasteiger partial charge in [0.25, 0.3) is 0 Å². The van der Waals surface area contributed by atoms with Crippen molar-refractivity contribution in [3.05, 3.63) is 71.7 Å². The normalized spacial score (nSPS) is 10.2. The van der Waals surface area contributed by atoms with Crippen molar-refractivity contribution in [2.45, 2.75) is 0 Å². The van der Waals surface area contributed by atoms with Crippen LogP contribution in [0, 0.1) is 0 Å². The van der Waals surface area contributed by atoms with Gasteiger partial charge in [0, 0.05) is 10.2 Å². The van der Waals surface area contributed by atoms with Crippen molar-refractivity contribution >= 4 is 33.3 Å². The highest BCUT2D eigenvalue weighted by Gasteiger charge is 2.14. The summed E-state index contributed by atoms with van der Waals surface area (Å²) in [6.45, 7) is 0. The summed E-state index contributed by atoms with van der Waals surface area (Å²) in [4.78, 5) is 14.4. The van der Waals surface area contributed by atoms with E-state index in [1.54, 1.807) is 0 Å². The fourth-order valence-corrected chi connectivity index (χ4v) is 2.31. The Labute approximate surface area is 125 Å². The first-order chi connectivity index (χ1) is 9.84. The van der Waals surface area contributed by atoms with Gasteiger partial charge < -0.3 is 0 Å². The van der Waals surface area contributed by atoms with Gasteiger partial charge in [-0.25, -0.2) is 15.0 Å². The lowest BCUT2D eigenvalue weighted by Gasteiger charge is -2.22. The molecule has 5 heteroatoms. The minimum Gasteiger partial charge on any atom is -0.279 e. The van der Waals surface area contributed by atoms with E-state index >= 15 is 0 Å². The van der Waals surface area contributed by atoms with E-state index in [0.29, 0.717) is 5.95 Å². The van der Waals surface area contributed by atoms with Gasteiger partial charge in [-0.05, 0) is 30.3 Å². The van der Waals surface area contributed by atoms with Gasteiger partial charge in [0.2, 0.25) is 5.95 Å². The van der Waals surface area contributed by atoms with Crippen molar-refractivity contribution in [2.75, 3.05) is 4.90 Å². The van der Waals surface area contributed by atoms with Crippen LogP contribution in [0.4, 0.5) is 17.3 Å². The third-order valence-corrected chi connectivity index (χ3v) is 3.25. The second-order valence-electron chi connectivity index (χ2n) is 4.09. The maximum absolute atomic E-state index is 4.25. The molecule has 1 aromatic heterocycles. The van der Waals surface area contributed by atoms with Gasteiger partial charge in [0.15, 0.2) is 0 Å². The van der Waals surface area contributed by atoms with Crippen LogP contribution in [0.25, 0.3) is 0 Å². The Balaban J connectivity index is 2.14. The number of benzene rings is 2. The van der Waals surface area contributed by atoms with E-state index < -0.39 is 0 Å². The second-order valence-corrected chi connectivity index (χ2v) is 5.00. The first kappa shape index (κ1) is 12.7. The average Bonchev–Trinajstić information content (AvgIpc) is 2.50. The van der Waals surface area contributed by atoms with Gasteiger partial charge in [-0.2, -0.15) is 0 Å². The van der Waals surface area contributed by atoms with Gasteiger partial charge >= 0.3 is 0 Å². The zero-order chi connectivity index (χ0) is 13.8. The lowest BCUT2D eigenvalue weighted by Crippen LogP contribution is -2.13. The number of hydrogen-bond donors (Lipinski definition) is 0. The summed E-state index contributed by atoms with van der Waals surface area (Å²) in [5, 5.41) is 0. The minimum atomic E-state index is 0.587. The zero-order valence-electron chi connectivity index (χ0n) is 10.5. The molecule has 0 aliphatic carbocycles. The molecule has 0 saturated carbocycles. The van der Waals surface area contributed by atoms with Crippen LogP contribution >= 0.6 is 15.9 Å². The topological polar surface area (TPSA) is 41.9 Å². The Morgan fingerprint density at radius 3 is 2.20 bits per heavy atom. The van der Waals surface area contributed by atoms with Gasteiger partial charge in [-0.1, -0.05) is 40.2 Å². The summed E-state index contributed by atoms with van der Waals surface area (Å²) >= 11 is 3.50. The average molecular weight is 327 g/mol. The highest BCUT2D eigenvalue weighted by Crippen LogP contribution is 2.32. The predicted molar refractivity (Wildman–Crippen MR) is 82.2 cm³/mol. The maximum Gasteiger partial charge on any atom is 0.237 e. The molecule has 0 atom stereocenters. The minimum absolute atomic E-state index is 0.587. The third-order valence-electron chi connectivity index (χ3n) is 2.76. The van der Waals surface area contributed by atoms with Gasteiger partial charge in [-0.15, -0.1) is 0 Å². The van der Waals surface area contributed by atoms with Crippen molar-refractivity contribution in [1.82, 2.24) is 15.0 Å². The first-order valence-corrected chi connectivity index (χ1v) is 6.86. The molecule has 0 aliphatic rings. The van der Waals surface area contributed by atoms with Crippen molar-refractivity contribution < 1.29 is 0 Å². The molecular formula is C15H11BrN4. The number of halogens is 1. The van der Waals surface area contributed by atoms with Crippen molar-refractivity contribution in [3.8, 4) is 0 Å². The quantitative estimate of drug-likeness (QED) is 0.726. The molecule has 3 rings (SSSR count). The molecule has 1 heterocycles. The Morgan fingerprint density at radius 1 is 0.800 bits per heavy atom. The SMILES string of the molecule is Brc1cccc(N(c2ccccc2)c2ncncn2)c1. The van der Waals surface area contributed by atoms with Gasteiger partial charge in [0.05, 0.1) is 5.69 Å². The van der Waals surface area contributed by atoms with E-state index in [1.807, 2.05) is 59.5 Å². The highest BCUT2D eigenvalue weighted by molar-refractivity contribution is 9.10. The number of hydrogen-bond acceptors (Lipinski definition) is 4. The van der Waals surface area contributed by atoms with Crippen molar-refractivity contribution in [1.29, 1.82) is 0 Å². The summed E-state index contributed by atoms with van der Waals surface area (Å²) in [5.41, 5.74) is 1.98. The first-order valence-electron chi connectivity index (χ1n) is 6.07. The molecule has 0 spiro atoms. The number of para-hydroxylation sites is 1. The molecule has 0 radical (unpaired) electrons. The molecule has 0 bridgehead atoms. The summed E-state index contributed by atoms with van der Waals surface area (Å²) in [6, 6.07) is 18.0. The van der Waals surface area contributed by atoms with Gasteiger partial charge in [0.1, 0.15) is 12.7 Å². The Bertz CT molecular complexity index is 649. The van der Waals surface area contributed by atoms with E-state index in [1.165, 1.54) is 12.7 Å². The maximum atomic E-state index is 4.25. The van der Waals surface area contributed by atoms with E-state index in [9.17, 15) is 0 Å². The van der Waals surface area contributed by atoms with Crippen LogP contribution in [-0.4, -0.2) is 15.0 Å². The van der Waals surface area contributed by atoms with Crippen LogP contribution in [0.15, 0.2) is 71.7 Å². The molecule has 0 N–H and O–H groups in total. The standard InChI is InChI=1S/C15H11BrN4/c16-12-5-4-8-14(9-12)20(13-6-2-1-3-7-13)15-18-10-17-11-19-15/h1-11H. The number of nitrogens with zero attached hydrogens (tertiary/aromatic N) is 4. The summed E-state index contributed by atoms with van der Waals surface area (Å²) < 4.78 is 1.00. The molecule has 2 aromatic carbocycles. The molecular weight excluding hydrogens is 316 g/mol. The van der Waals surface area contributed by atoms with Crippen LogP contribution in [-0.2, 0) is 0 Å². The Kier molecular flexibility index (Phi) is 3.69. The number of anilines is 3. The summed E-state index contributed by atoms with van der Waals surface area (Å²) in [6.07, 6.45) is 2.99. The predicted octanol–water partition coefficient (Wildman–Crippen LogP) is 4.10. The molecule has 0 fully saturated rings. The smallest absolute Gasteiger partial charge is 0.237 e. The fourth-order valence-electron chi connectivity index (χ4n) is 1.92. The molecule has 0 aliphatic heterocycles. The Morgan fingerprint density at radius 2 is 1.50 bits per heavy atom. The molecule has 0 saturated heterocycles. The van der Waals surface area contributed by atoms with E-state index in [0.717, 1.165) is 15.8 Å². The summed E-state index contributed by atoms with van der Waals surface area (Å²) in [7, 11) is 0. The van der Waals surface area contributed by atoms with Gasteiger partial charge in [-0.3, -0.25) is 4.90 Å². The summed E-state index contributed by atoms with van der Waals surface area (Å²) in [5.74, 6) is 0.587. The molecule has 0 amide bonds. The molecule has 0 unspecified atom stereocenters. The van der Waals surface area contributed by atoms with E-state index in [4.69, 9.17) is 0 Å². The number of aromatic nitrogens is 3. The van der Waals surface area contributed by atoms with Crippen LogP contribution in [0.1, 0.15) is 0 Å². The van der Waals surface area contributed by atoms with E-state index in [-0.39, 0.29) is 0 Å². The largest absolute Gasteiger partial charge is 0.279 e. The number of rotatable bonds is 3. The molecule has 4 nitrogen and oxygen atoms in total. The monoisotopic (exact) mass is 326 g/mol. The van der Waals surface area contributed by atoms with Crippen molar-refractivity contribution in [3.63, 3.8) is 0 Å².